The summed E-state index contributed by atoms with van der Waals surface area (Å²) < 4.78 is 80.1. The van der Waals surface area contributed by atoms with Gasteiger partial charge in [0.25, 0.3) is 0 Å². The summed E-state index contributed by atoms with van der Waals surface area (Å²) in [6.07, 6.45) is -3.99. The quantitative estimate of drug-likeness (QED) is 0.482. The van der Waals surface area contributed by atoms with Crippen LogP contribution in [0.2, 0.25) is 0 Å². The van der Waals surface area contributed by atoms with Crippen molar-refractivity contribution in [1.29, 1.82) is 0 Å². The standard InChI is InChI=1S/C21H21F6N5O2/c22-13-8-15(24)14(23)6-11(13)5-12(28)7-17(33)31-3-4-32-16(9-31)29-18(10-1-2-10)19(32)30-20(34)21(25,26)27/h6,8,10,12H,1-5,7,9,28H2,(H,30,34)/t12-/m1/s1. The predicted octanol–water partition coefficient (Wildman–Crippen LogP) is 2.98. The number of alkyl halides is 3. The van der Waals surface area contributed by atoms with Crippen molar-refractivity contribution in [2.45, 2.75) is 56.9 Å². The maximum Gasteiger partial charge on any atom is 0.471 e. The molecule has 1 atom stereocenters. The molecule has 0 bridgehead atoms. The van der Waals surface area contributed by atoms with E-state index in [1.807, 2.05) is 5.32 Å². The van der Waals surface area contributed by atoms with Crippen molar-refractivity contribution in [3.63, 3.8) is 0 Å². The Bertz CT molecular complexity index is 1130. The van der Waals surface area contributed by atoms with Gasteiger partial charge in [0, 0.05) is 37.5 Å². The molecule has 0 spiro atoms. The number of aromatic nitrogens is 2. The van der Waals surface area contributed by atoms with Crippen molar-refractivity contribution >= 4 is 17.6 Å². The molecule has 2 aliphatic rings. The lowest BCUT2D eigenvalue weighted by molar-refractivity contribution is -0.167. The van der Waals surface area contributed by atoms with Crippen LogP contribution in [0.1, 0.15) is 42.3 Å². The smallest absolute Gasteiger partial charge is 0.333 e. The molecular weight excluding hydrogens is 468 g/mol. The Labute approximate surface area is 189 Å². The number of halogens is 6. The average Bonchev–Trinajstić information content (AvgIpc) is 3.53. The van der Waals surface area contributed by atoms with Gasteiger partial charge in [0.1, 0.15) is 17.5 Å². The van der Waals surface area contributed by atoms with Gasteiger partial charge in [-0.2, -0.15) is 13.2 Å². The van der Waals surface area contributed by atoms with Crippen molar-refractivity contribution in [2.75, 3.05) is 11.9 Å². The molecule has 0 unspecified atom stereocenters. The van der Waals surface area contributed by atoms with Crippen LogP contribution in [0.15, 0.2) is 12.1 Å². The molecule has 0 radical (unpaired) electrons. The van der Waals surface area contributed by atoms with Gasteiger partial charge in [-0.25, -0.2) is 18.2 Å². The lowest BCUT2D eigenvalue weighted by Crippen LogP contribution is -2.42. The van der Waals surface area contributed by atoms with Crippen molar-refractivity contribution in [2.24, 2.45) is 5.73 Å². The van der Waals surface area contributed by atoms with E-state index < -0.39 is 41.5 Å². The van der Waals surface area contributed by atoms with Crippen LogP contribution in [0.4, 0.5) is 32.2 Å². The van der Waals surface area contributed by atoms with Crippen LogP contribution in [-0.4, -0.2) is 45.0 Å². The monoisotopic (exact) mass is 489 g/mol. The minimum atomic E-state index is -5.05. The van der Waals surface area contributed by atoms with Gasteiger partial charge < -0.3 is 20.5 Å². The highest BCUT2D eigenvalue weighted by Crippen LogP contribution is 2.44. The fourth-order valence-corrected chi connectivity index (χ4v) is 3.94. The van der Waals surface area contributed by atoms with Crippen LogP contribution in [-0.2, 0) is 29.1 Å². The first-order valence-corrected chi connectivity index (χ1v) is 10.6. The molecule has 34 heavy (non-hydrogen) atoms. The van der Waals surface area contributed by atoms with E-state index in [0.29, 0.717) is 23.7 Å². The number of imidazole rings is 1. The van der Waals surface area contributed by atoms with Gasteiger partial charge in [0.2, 0.25) is 5.91 Å². The van der Waals surface area contributed by atoms with E-state index in [1.54, 1.807) is 0 Å². The zero-order chi connectivity index (χ0) is 24.8. The molecule has 2 amide bonds. The molecule has 1 aliphatic heterocycles. The van der Waals surface area contributed by atoms with Gasteiger partial charge in [0.05, 0.1) is 12.2 Å². The zero-order valence-electron chi connectivity index (χ0n) is 17.8. The third kappa shape index (κ3) is 5.03. The molecule has 1 aliphatic carbocycles. The Balaban J connectivity index is 1.44. The summed E-state index contributed by atoms with van der Waals surface area (Å²) in [6.45, 7) is 0.238. The third-order valence-corrected chi connectivity index (χ3v) is 5.81. The molecule has 3 N–H and O–H groups in total. The van der Waals surface area contributed by atoms with Crippen LogP contribution in [0.5, 0.6) is 0 Å². The summed E-state index contributed by atoms with van der Waals surface area (Å²) in [4.78, 5) is 30.0. The zero-order valence-corrected chi connectivity index (χ0v) is 17.8. The predicted molar refractivity (Wildman–Crippen MR) is 107 cm³/mol. The summed E-state index contributed by atoms with van der Waals surface area (Å²) >= 11 is 0. The Morgan fingerprint density at radius 3 is 2.44 bits per heavy atom. The highest BCUT2D eigenvalue weighted by molar-refractivity contribution is 5.95. The van der Waals surface area contributed by atoms with Crippen LogP contribution in [0.25, 0.3) is 0 Å². The number of rotatable bonds is 6. The molecule has 1 aromatic carbocycles. The number of fused-ring (bicyclic) bond motifs is 1. The number of anilines is 1. The number of carbonyl (C=O) groups excluding carboxylic acids is 2. The summed E-state index contributed by atoms with van der Waals surface area (Å²) in [5.74, 6) is -5.74. The number of carbonyl (C=O) groups is 2. The van der Waals surface area contributed by atoms with Gasteiger partial charge in [-0.1, -0.05) is 0 Å². The minimum absolute atomic E-state index is 0.00237. The second kappa shape index (κ2) is 8.93. The highest BCUT2D eigenvalue weighted by Gasteiger charge is 2.42. The van der Waals surface area contributed by atoms with Crippen LogP contribution >= 0.6 is 0 Å². The summed E-state index contributed by atoms with van der Waals surface area (Å²) in [5.41, 5.74) is 6.14. The normalized spacial score (nSPS) is 16.9. The van der Waals surface area contributed by atoms with Crippen molar-refractivity contribution in [3.8, 4) is 0 Å². The van der Waals surface area contributed by atoms with Gasteiger partial charge in [0.15, 0.2) is 11.6 Å². The van der Waals surface area contributed by atoms with E-state index in [1.165, 1.54) is 9.47 Å². The Morgan fingerprint density at radius 1 is 1.12 bits per heavy atom. The van der Waals surface area contributed by atoms with Crippen molar-refractivity contribution < 1.29 is 35.9 Å². The number of hydrogen-bond donors (Lipinski definition) is 2. The SMILES string of the molecule is N[C@@H](CC(=O)N1CCn2c(nc(C3CC3)c2NC(=O)C(F)(F)F)C1)Cc1cc(F)c(F)cc1F. The van der Waals surface area contributed by atoms with E-state index in [2.05, 4.69) is 4.98 Å². The lowest BCUT2D eigenvalue weighted by atomic mass is 10.0. The second-order valence-corrected chi connectivity index (χ2v) is 8.48. The molecular formula is C21H21F6N5O2. The van der Waals surface area contributed by atoms with Crippen molar-refractivity contribution in [3.05, 3.63) is 46.7 Å². The minimum Gasteiger partial charge on any atom is -0.333 e. The van der Waals surface area contributed by atoms with Crippen molar-refractivity contribution in [1.82, 2.24) is 14.5 Å². The highest BCUT2D eigenvalue weighted by atomic mass is 19.4. The summed E-state index contributed by atoms with van der Waals surface area (Å²) in [7, 11) is 0. The molecule has 184 valence electrons. The first-order valence-electron chi connectivity index (χ1n) is 10.6. The Kier molecular flexibility index (Phi) is 6.32. The van der Waals surface area contributed by atoms with Crippen LogP contribution < -0.4 is 11.1 Å². The number of hydrogen-bond acceptors (Lipinski definition) is 4. The van der Waals surface area contributed by atoms with E-state index >= 15 is 0 Å². The maximum absolute atomic E-state index is 13.9. The topological polar surface area (TPSA) is 93.2 Å². The number of amides is 2. The van der Waals surface area contributed by atoms with Gasteiger partial charge in [-0.3, -0.25) is 9.59 Å². The molecule has 2 heterocycles. The summed E-state index contributed by atoms with van der Waals surface area (Å²) in [6, 6.07) is 0.233. The molecule has 7 nitrogen and oxygen atoms in total. The fourth-order valence-electron chi connectivity index (χ4n) is 3.94. The molecule has 13 heteroatoms. The number of benzene rings is 1. The third-order valence-electron chi connectivity index (χ3n) is 5.81. The van der Waals surface area contributed by atoms with Gasteiger partial charge in [-0.15, -0.1) is 0 Å². The second-order valence-electron chi connectivity index (χ2n) is 8.48. The Hall–Kier alpha value is -3.09. The summed E-state index contributed by atoms with van der Waals surface area (Å²) in [5, 5.41) is 1.92. The molecule has 2 aromatic rings. The van der Waals surface area contributed by atoms with E-state index in [0.717, 1.165) is 12.8 Å². The van der Waals surface area contributed by atoms with Gasteiger partial charge >= 0.3 is 12.1 Å². The molecule has 1 saturated carbocycles. The maximum atomic E-state index is 13.9. The van der Waals surface area contributed by atoms with E-state index in [4.69, 9.17) is 5.73 Å². The van der Waals surface area contributed by atoms with Crippen LogP contribution in [0, 0.1) is 17.5 Å². The Morgan fingerprint density at radius 2 is 1.79 bits per heavy atom. The average molecular weight is 489 g/mol. The molecule has 1 fully saturated rings. The first-order chi connectivity index (χ1) is 15.9. The lowest BCUT2D eigenvalue weighted by Gasteiger charge is -2.29. The number of nitrogens with one attached hydrogen (secondary N) is 1. The first kappa shape index (κ1) is 24.0. The molecule has 1 aromatic heterocycles. The fraction of sp³-hybridized carbons (Fsp3) is 0.476. The van der Waals surface area contributed by atoms with Gasteiger partial charge in [-0.05, 0) is 30.9 Å². The molecule has 0 saturated heterocycles. The van der Waals surface area contributed by atoms with E-state index in [9.17, 15) is 35.9 Å². The van der Waals surface area contributed by atoms with Crippen LogP contribution in [0.3, 0.4) is 0 Å². The largest absolute Gasteiger partial charge is 0.471 e. The molecule has 4 rings (SSSR count). The number of nitrogens with two attached hydrogens (primary N) is 1. The number of nitrogens with zero attached hydrogens (tertiary/aromatic N) is 3. The van der Waals surface area contributed by atoms with E-state index in [-0.39, 0.29) is 49.8 Å².